The normalized spacial score (nSPS) is 16.5. The van der Waals surface area contributed by atoms with Gasteiger partial charge in [-0.15, -0.1) is 0 Å². The smallest absolute Gasteiger partial charge is 0.119 e. The van der Waals surface area contributed by atoms with Gasteiger partial charge < -0.3 is 23.7 Å². The molecule has 1 aliphatic heterocycles. The highest BCUT2D eigenvalue weighted by Gasteiger charge is 2.25. The quantitative estimate of drug-likeness (QED) is 0.0695. The largest absolute Gasteiger partial charge is 0.497 e. The Kier molecular flexibility index (Phi) is 19.4. The molecule has 1 fully saturated rings. The molecule has 5 aromatic rings. The van der Waals surface area contributed by atoms with Gasteiger partial charge in [0, 0.05) is 85.1 Å². The second-order valence-electron chi connectivity index (χ2n) is 15.6. The van der Waals surface area contributed by atoms with Gasteiger partial charge >= 0.3 is 0 Å². The molecule has 0 N–H and O–H groups in total. The van der Waals surface area contributed by atoms with Crippen molar-refractivity contribution in [2.24, 2.45) is 0 Å². The predicted octanol–water partition coefficient (Wildman–Crippen LogP) is 7.69. The van der Waals surface area contributed by atoms with E-state index in [2.05, 4.69) is 159 Å². The maximum atomic E-state index is 6.08. The first-order chi connectivity index (χ1) is 29.6. The Hall–Kier alpha value is -4.58. The molecule has 1 heterocycles. The van der Waals surface area contributed by atoms with E-state index in [9.17, 15) is 0 Å². The van der Waals surface area contributed by atoms with Gasteiger partial charge in [0.1, 0.15) is 18.1 Å². The summed E-state index contributed by atoms with van der Waals surface area (Å²) in [6.45, 7) is 13.7. The Bertz CT molecular complexity index is 1850. The third kappa shape index (κ3) is 16.1. The predicted molar refractivity (Wildman–Crippen MR) is 242 cm³/mol. The van der Waals surface area contributed by atoms with Gasteiger partial charge in [-0.1, -0.05) is 115 Å². The molecule has 1 aliphatic rings. The van der Waals surface area contributed by atoms with Crippen LogP contribution in [-0.4, -0.2) is 125 Å². The lowest BCUT2D eigenvalue weighted by Crippen LogP contribution is -2.50. The molecule has 0 radical (unpaired) electrons. The lowest BCUT2D eigenvalue weighted by Gasteiger charge is -2.39. The van der Waals surface area contributed by atoms with Crippen LogP contribution in [0.3, 0.4) is 0 Å². The molecular weight excluding hydrogens is 749 g/mol. The van der Waals surface area contributed by atoms with Crippen molar-refractivity contribution >= 4 is 0 Å². The lowest BCUT2D eigenvalue weighted by atomic mass is 10.0. The summed E-state index contributed by atoms with van der Waals surface area (Å²) in [6.07, 6.45) is 0.921. The van der Waals surface area contributed by atoms with Gasteiger partial charge in [0.05, 0.1) is 40.1 Å². The number of ether oxygens (including phenoxy) is 5. The van der Waals surface area contributed by atoms with E-state index in [0.717, 1.165) is 89.9 Å². The minimum absolute atomic E-state index is 0.260. The van der Waals surface area contributed by atoms with Crippen LogP contribution in [0.5, 0.6) is 11.5 Å². The molecule has 0 spiro atoms. The number of methoxy groups -OCH3 is 2. The fraction of sp³-hybridized carbons (Fsp3) is 0.412. The molecule has 0 amide bonds. The van der Waals surface area contributed by atoms with E-state index in [-0.39, 0.29) is 6.04 Å². The Labute approximate surface area is 359 Å². The minimum atomic E-state index is 0.260. The van der Waals surface area contributed by atoms with Gasteiger partial charge in [-0.3, -0.25) is 19.6 Å². The molecule has 5 aromatic carbocycles. The number of nitrogens with zero attached hydrogens (tertiary/aromatic N) is 4. The van der Waals surface area contributed by atoms with E-state index < -0.39 is 0 Å². The van der Waals surface area contributed by atoms with Gasteiger partial charge in [0.2, 0.25) is 0 Å². The molecule has 9 nitrogen and oxygen atoms in total. The van der Waals surface area contributed by atoms with Crippen molar-refractivity contribution in [3.05, 3.63) is 167 Å². The van der Waals surface area contributed by atoms with Crippen molar-refractivity contribution in [3.63, 3.8) is 0 Å². The van der Waals surface area contributed by atoms with Gasteiger partial charge in [-0.2, -0.15) is 0 Å². The van der Waals surface area contributed by atoms with Crippen LogP contribution in [0.2, 0.25) is 0 Å². The van der Waals surface area contributed by atoms with Gasteiger partial charge in [0.15, 0.2) is 0 Å². The molecule has 0 unspecified atom stereocenters. The van der Waals surface area contributed by atoms with Gasteiger partial charge in [-0.05, 0) is 58.5 Å². The van der Waals surface area contributed by atoms with Crippen LogP contribution in [0.25, 0.3) is 0 Å². The maximum Gasteiger partial charge on any atom is 0.119 e. The van der Waals surface area contributed by atoms with Crippen LogP contribution in [0.15, 0.2) is 140 Å². The first-order valence-corrected chi connectivity index (χ1v) is 21.7. The highest BCUT2D eigenvalue weighted by Crippen LogP contribution is 2.21. The van der Waals surface area contributed by atoms with Gasteiger partial charge in [0.25, 0.3) is 0 Å². The molecule has 320 valence electrons. The van der Waals surface area contributed by atoms with Crippen LogP contribution in [0.1, 0.15) is 27.8 Å². The summed E-state index contributed by atoms with van der Waals surface area (Å²) in [6, 6.07) is 50.5. The first-order valence-electron chi connectivity index (χ1n) is 21.7. The zero-order valence-electron chi connectivity index (χ0n) is 35.9. The Morgan fingerprint density at radius 3 is 1.40 bits per heavy atom. The van der Waals surface area contributed by atoms with E-state index in [1.807, 2.05) is 0 Å². The monoisotopic (exact) mass is 815 g/mol. The molecule has 6 rings (SSSR count). The van der Waals surface area contributed by atoms with Gasteiger partial charge in [-0.25, -0.2) is 0 Å². The van der Waals surface area contributed by atoms with Crippen LogP contribution >= 0.6 is 0 Å². The van der Waals surface area contributed by atoms with Crippen molar-refractivity contribution in [1.29, 1.82) is 0 Å². The summed E-state index contributed by atoms with van der Waals surface area (Å²) in [4.78, 5) is 10.8. The molecule has 0 bridgehead atoms. The summed E-state index contributed by atoms with van der Waals surface area (Å²) in [7, 11) is 3.41. The summed E-state index contributed by atoms with van der Waals surface area (Å²) in [5.74, 6) is 1.74. The molecule has 0 saturated carbocycles. The molecule has 60 heavy (non-hydrogen) atoms. The van der Waals surface area contributed by atoms with Crippen molar-refractivity contribution in [1.82, 2.24) is 19.6 Å². The van der Waals surface area contributed by atoms with E-state index in [1.54, 1.807) is 14.2 Å². The number of rotatable bonds is 21. The first kappa shape index (κ1) is 45.0. The van der Waals surface area contributed by atoms with E-state index in [4.69, 9.17) is 23.7 Å². The highest BCUT2D eigenvalue weighted by atomic mass is 16.6. The van der Waals surface area contributed by atoms with Crippen molar-refractivity contribution in [3.8, 4) is 11.5 Å². The van der Waals surface area contributed by atoms with Crippen LogP contribution in [-0.2, 0) is 46.8 Å². The maximum absolute atomic E-state index is 6.08. The zero-order valence-corrected chi connectivity index (χ0v) is 35.9. The van der Waals surface area contributed by atoms with Crippen molar-refractivity contribution in [2.75, 3.05) is 99.7 Å². The second kappa shape index (κ2) is 25.9. The van der Waals surface area contributed by atoms with E-state index in [1.165, 1.54) is 27.8 Å². The van der Waals surface area contributed by atoms with E-state index in [0.29, 0.717) is 39.6 Å². The second-order valence-corrected chi connectivity index (χ2v) is 15.6. The molecule has 9 heteroatoms. The topological polar surface area (TPSA) is 59.1 Å². The van der Waals surface area contributed by atoms with E-state index >= 15 is 0 Å². The molecule has 0 aromatic heterocycles. The summed E-state index contributed by atoms with van der Waals surface area (Å²) in [5, 5.41) is 0. The van der Waals surface area contributed by atoms with Crippen LogP contribution in [0, 0.1) is 0 Å². The molecular formula is C51H66N4O5. The number of benzene rings is 5. The fourth-order valence-electron chi connectivity index (χ4n) is 7.78. The average molecular weight is 815 g/mol. The number of hydrogen-bond donors (Lipinski definition) is 0. The standard InChI is InChI=1S/C51H66N4O5/c1-56-32-33-58-34-35-59-36-37-60-51-24-18-44(19-25-51)38-49-43-54(41-48-20-22-50(57-2)23-21-48)29-28-52(39-45-12-6-3-7-13-45)26-27-53(40-46-14-8-4-9-15-46)30-31-55(49)42-47-16-10-5-11-17-47/h3-25,49H,26-43H2,1-2H3/t49-/m1/s1. The van der Waals surface area contributed by atoms with Crippen molar-refractivity contribution < 1.29 is 23.7 Å². The Balaban J connectivity index is 1.24. The third-order valence-corrected chi connectivity index (χ3v) is 11.1. The fourth-order valence-corrected chi connectivity index (χ4v) is 7.78. The van der Waals surface area contributed by atoms with Crippen LogP contribution < -0.4 is 9.47 Å². The summed E-state index contributed by atoms with van der Waals surface area (Å²) < 4.78 is 27.8. The molecule has 1 atom stereocenters. The highest BCUT2D eigenvalue weighted by molar-refractivity contribution is 5.29. The van der Waals surface area contributed by atoms with Crippen molar-refractivity contribution in [2.45, 2.75) is 38.6 Å². The summed E-state index contributed by atoms with van der Waals surface area (Å²) in [5.41, 5.74) is 6.66. The third-order valence-electron chi connectivity index (χ3n) is 11.1. The molecule has 0 aliphatic carbocycles. The Morgan fingerprint density at radius 2 is 0.850 bits per heavy atom. The minimum Gasteiger partial charge on any atom is -0.497 e. The average Bonchev–Trinajstić information content (AvgIpc) is 3.29. The zero-order chi connectivity index (χ0) is 41.5. The molecule has 1 saturated heterocycles. The number of hydrogen-bond acceptors (Lipinski definition) is 9. The summed E-state index contributed by atoms with van der Waals surface area (Å²) >= 11 is 0. The SMILES string of the molecule is COCCOCCOCCOc1ccc(C[C@@H]2CN(Cc3ccc(OC)cc3)CCN(Cc3ccccc3)CCN(Cc3ccccc3)CCN2Cc2ccccc2)cc1. The lowest BCUT2D eigenvalue weighted by molar-refractivity contribution is 0.0180. The van der Waals surface area contributed by atoms with Crippen LogP contribution in [0.4, 0.5) is 0 Å². The Morgan fingerprint density at radius 1 is 0.417 bits per heavy atom.